The van der Waals surface area contributed by atoms with Crippen molar-refractivity contribution in [1.29, 1.82) is 0 Å². The third kappa shape index (κ3) is 4.01. The first-order valence-corrected chi connectivity index (χ1v) is 12.1. The molecule has 1 saturated heterocycles. The van der Waals surface area contributed by atoms with Crippen LogP contribution in [0.4, 0.5) is 11.5 Å². The maximum absolute atomic E-state index is 13.1. The van der Waals surface area contributed by atoms with Gasteiger partial charge in [-0.05, 0) is 56.2 Å². The molecule has 0 spiro atoms. The Morgan fingerprint density at radius 2 is 1.66 bits per heavy atom. The minimum absolute atomic E-state index is 0.158. The molecule has 0 saturated carbocycles. The Labute approximate surface area is 187 Å². The number of rotatable bonds is 5. The maximum Gasteiger partial charge on any atom is 0.264 e. The Morgan fingerprint density at radius 1 is 0.875 bits per heavy atom. The van der Waals surface area contributed by atoms with Crippen LogP contribution in [0.25, 0.3) is 22.2 Å². The summed E-state index contributed by atoms with van der Waals surface area (Å²) in [6.45, 7) is 3.89. The number of benzene rings is 2. The minimum atomic E-state index is -3.80. The average molecular weight is 446 g/mol. The summed E-state index contributed by atoms with van der Waals surface area (Å²) >= 11 is 0. The zero-order chi connectivity index (χ0) is 22.1. The molecule has 0 unspecified atom stereocenters. The fraction of sp³-hybridized carbons (Fsp3) is 0.208. The highest BCUT2D eigenvalue weighted by molar-refractivity contribution is 7.93. The quantitative estimate of drug-likeness (QED) is 0.490. The van der Waals surface area contributed by atoms with Crippen molar-refractivity contribution in [2.24, 2.45) is 0 Å². The van der Waals surface area contributed by atoms with Crippen molar-refractivity contribution >= 4 is 32.4 Å². The lowest BCUT2D eigenvalue weighted by atomic mass is 10.1. The number of aryl methyl sites for hydroxylation is 1. The molecule has 1 N–H and O–H groups in total. The number of pyridine rings is 1. The number of hydrogen-bond acceptors (Lipinski definition) is 6. The molecule has 1 aliphatic rings. The first-order valence-electron chi connectivity index (χ1n) is 10.6. The van der Waals surface area contributed by atoms with Gasteiger partial charge in [-0.3, -0.25) is 9.71 Å². The highest BCUT2D eigenvalue weighted by Crippen LogP contribution is 2.26. The highest BCUT2D eigenvalue weighted by Gasteiger charge is 2.19. The van der Waals surface area contributed by atoms with E-state index in [1.54, 1.807) is 24.3 Å². The Hall–Kier alpha value is -3.52. The average Bonchev–Trinajstić information content (AvgIpc) is 3.34. The maximum atomic E-state index is 13.1. The number of aromatic nitrogens is 3. The SMILES string of the molecule is Cc1ccc2cccc(S(=O)(=O)Nc3ccc(-c4ccc(N5CCCC5)nn4)cc3)c2n1. The van der Waals surface area contributed by atoms with Gasteiger partial charge in [-0.1, -0.05) is 30.3 Å². The number of anilines is 2. The molecule has 1 fully saturated rings. The van der Waals surface area contributed by atoms with Crippen LogP contribution in [0.5, 0.6) is 0 Å². The van der Waals surface area contributed by atoms with Gasteiger partial charge < -0.3 is 4.90 Å². The van der Waals surface area contributed by atoms with Crippen molar-refractivity contribution in [2.75, 3.05) is 22.7 Å². The molecule has 0 bridgehead atoms. The van der Waals surface area contributed by atoms with Crippen LogP contribution in [0.15, 0.2) is 71.6 Å². The molecular formula is C24H23N5O2S. The monoisotopic (exact) mass is 445 g/mol. The summed E-state index contributed by atoms with van der Waals surface area (Å²) in [6.07, 6.45) is 2.38. The molecule has 2 aromatic heterocycles. The molecule has 1 aliphatic heterocycles. The number of para-hydroxylation sites is 1. The van der Waals surface area contributed by atoms with Gasteiger partial charge in [0.2, 0.25) is 0 Å². The number of hydrogen-bond donors (Lipinski definition) is 1. The summed E-state index contributed by atoms with van der Waals surface area (Å²) in [6, 6.07) is 20.0. The molecule has 0 aliphatic carbocycles. The highest BCUT2D eigenvalue weighted by atomic mass is 32.2. The summed E-state index contributed by atoms with van der Waals surface area (Å²) in [5.41, 5.74) is 3.32. The standard InChI is InChI=1S/C24H23N5O2S/c1-17-7-8-19-5-4-6-22(24(19)25-17)32(30,31)28-20-11-9-18(10-12-20)21-13-14-23(27-26-21)29-15-2-3-16-29/h4-14,28H,2-3,15-16H2,1H3. The molecule has 7 nitrogen and oxygen atoms in total. The van der Waals surface area contributed by atoms with Gasteiger partial charge in [0.25, 0.3) is 10.0 Å². The lowest BCUT2D eigenvalue weighted by Crippen LogP contribution is -2.19. The number of nitrogens with one attached hydrogen (secondary N) is 1. The van der Waals surface area contributed by atoms with E-state index < -0.39 is 10.0 Å². The van der Waals surface area contributed by atoms with E-state index in [2.05, 4.69) is 24.8 Å². The van der Waals surface area contributed by atoms with E-state index >= 15 is 0 Å². The Bertz CT molecular complexity index is 1360. The van der Waals surface area contributed by atoms with Crippen LogP contribution in [0.2, 0.25) is 0 Å². The van der Waals surface area contributed by atoms with E-state index in [1.165, 1.54) is 12.8 Å². The summed E-state index contributed by atoms with van der Waals surface area (Å²) < 4.78 is 28.8. The summed E-state index contributed by atoms with van der Waals surface area (Å²) in [5.74, 6) is 0.898. The second-order valence-corrected chi connectivity index (χ2v) is 9.59. The van der Waals surface area contributed by atoms with Crippen LogP contribution in [0.3, 0.4) is 0 Å². The second kappa shape index (κ2) is 8.20. The lowest BCUT2D eigenvalue weighted by molar-refractivity contribution is 0.602. The van der Waals surface area contributed by atoms with Crippen molar-refractivity contribution in [3.63, 3.8) is 0 Å². The van der Waals surface area contributed by atoms with E-state index in [0.29, 0.717) is 11.2 Å². The summed E-state index contributed by atoms with van der Waals surface area (Å²) in [7, 11) is -3.80. The van der Waals surface area contributed by atoms with Gasteiger partial charge in [0.05, 0.1) is 11.2 Å². The van der Waals surface area contributed by atoms with Gasteiger partial charge in [-0.25, -0.2) is 8.42 Å². The number of sulfonamides is 1. The Morgan fingerprint density at radius 3 is 2.38 bits per heavy atom. The fourth-order valence-corrected chi connectivity index (χ4v) is 5.18. The lowest BCUT2D eigenvalue weighted by Gasteiger charge is -2.15. The first kappa shape index (κ1) is 20.4. The predicted octanol–water partition coefficient (Wildman–Crippen LogP) is 4.40. The first-order chi connectivity index (χ1) is 15.5. The molecule has 0 radical (unpaired) electrons. The van der Waals surface area contributed by atoms with Crippen molar-refractivity contribution in [1.82, 2.24) is 15.2 Å². The van der Waals surface area contributed by atoms with Gasteiger partial charge in [0.1, 0.15) is 4.90 Å². The zero-order valence-electron chi connectivity index (χ0n) is 17.7. The molecule has 32 heavy (non-hydrogen) atoms. The van der Waals surface area contributed by atoms with E-state index in [0.717, 1.165) is 41.2 Å². The predicted molar refractivity (Wildman–Crippen MR) is 126 cm³/mol. The van der Waals surface area contributed by atoms with Gasteiger partial charge in [-0.2, -0.15) is 0 Å². The molecule has 4 aromatic rings. The molecule has 8 heteroatoms. The normalized spacial score (nSPS) is 14.1. The van der Waals surface area contributed by atoms with Gasteiger partial charge in [0, 0.05) is 35.4 Å². The van der Waals surface area contributed by atoms with E-state index in [-0.39, 0.29) is 4.90 Å². The summed E-state index contributed by atoms with van der Waals surface area (Å²) in [5, 5.41) is 9.48. The van der Waals surface area contributed by atoms with Crippen molar-refractivity contribution in [3.05, 3.63) is 72.4 Å². The molecule has 0 amide bonds. The van der Waals surface area contributed by atoms with Gasteiger partial charge in [-0.15, -0.1) is 10.2 Å². The third-order valence-electron chi connectivity index (χ3n) is 5.63. The molecule has 0 atom stereocenters. The third-order valence-corrected chi connectivity index (χ3v) is 7.04. The van der Waals surface area contributed by atoms with E-state index in [9.17, 15) is 8.42 Å². The number of fused-ring (bicyclic) bond motifs is 1. The summed E-state index contributed by atoms with van der Waals surface area (Å²) in [4.78, 5) is 6.83. The number of nitrogens with zero attached hydrogens (tertiary/aromatic N) is 4. The minimum Gasteiger partial charge on any atom is -0.355 e. The second-order valence-electron chi connectivity index (χ2n) is 7.93. The van der Waals surface area contributed by atoms with E-state index in [1.807, 2.05) is 49.4 Å². The van der Waals surface area contributed by atoms with Crippen LogP contribution in [-0.2, 0) is 10.0 Å². The van der Waals surface area contributed by atoms with Crippen LogP contribution in [-0.4, -0.2) is 36.7 Å². The molecule has 162 valence electrons. The van der Waals surface area contributed by atoms with Crippen molar-refractivity contribution < 1.29 is 8.42 Å². The van der Waals surface area contributed by atoms with Crippen LogP contribution in [0, 0.1) is 6.92 Å². The largest absolute Gasteiger partial charge is 0.355 e. The molecule has 5 rings (SSSR count). The molecular weight excluding hydrogens is 422 g/mol. The van der Waals surface area contributed by atoms with Crippen molar-refractivity contribution in [3.8, 4) is 11.3 Å². The van der Waals surface area contributed by atoms with Crippen LogP contribution < -0.4 is 9.62 Å². The fourth-order valence-electron chi connectivity index (χ4n) is 3.95. The van der Waals surface area contributed by atoms with Gasteiger partial charge in [0.15, 0.2) is 5.82 Å². The van der Waals surface area contributed by atoms with E-state index in [4.69, 9.17) is 0 Å². The smallest absolute Gasteiger partial charge is 0.264 e. The Balaban J connectivity index is 1.37. The van der Waals surface area contributed by atoms with Gasteiger partial charge >= 0.3 is 0 Å². The van der Waals surface area contributed by atoms with Crippen LogP contribution in [0.1, 0.15) is 18.5 Å². The van der Waals surface area contributed by atoms with Crippen LogP contribution >= 0.6 is 0 Å². The Kier molecular flexibility index (Phi) is 5.22. The van der Waals surface area contributed by atoms with Crippen molar-refractivity contribution in [2.45, 2.75) is 24.7 Å². The topological polar surface area (TPSA) is 88.1 Å². The molecule has 3 heterocycles. The molecule has 2 aromatic carbocycles. The zero-order valence-corrected chi connectivity index (χ0v) is 18.5.